The first-order valence-corrected chi connectivity index (χ1v) is 7.19. The van der Waals surface area contributed by atoms with Gasteiger partial charge in [0.05, 0.1) is 0 Å². The van der Waals surface area contributed by atoms with Crippen LogP contribution in [0.1, 0.15) is 17.2 Å². The van der Waals surface area contributed by atoms with Gasteiger partial charge >= 0.3 is 0 Å². The molecule has 1 nitrogen and oxygen atoms in total. The number of hydrogen-bond donors (Lipinski definition) is 1. The summed E-state index contributed by atoms with van der Waals surface area (Å²) in [6.45, 7) is 0. The zero-order valence-electron chi connectivity index (χ0n) is 11.4. The first-order valence-electron chi connectivity index (χ1n) is 6.82. The van der Waals surface area contributed by atoms with Crippen LogP contribution < -0.4 is 5.73 Å². The molecule has 0 aromatic heterocycles. The molecule has 0 fully saturated rings. The van der Waals surface area contributed by atoms with Gasteiger partial charge in [-0.15, -0.1) is 0 Å². The highest BCUT2D eigenvalue weighted by molar-refractivity contribution is 6.30. The van der Waals surface area contributed by atoms with Gasteiger partial charge in [0, 0.05) is 16.6 Å². The van der Waals surface area contributed by atoms with Crippen LogP contribution in [0.2, 0.25) is 5.02 Å². The Hall–Kier alpha value is -1.90. The Bertz CT molecular complexity index is 785. The number of halogens is 2. The standard InChI is InChI=1S/C18H15ClFN/c19-15-7-8-17(20)16(11-15)18(21)10-12-5-6-13-3-1-2-4-14(13)9-12/h1-9,11,18H,10,21H2. The van der Waals surface area contributed by atoms with Gasteiger partial charge in [-0.05, 0) is 41.0 Å². The predicted molar refractivity (Wildman–Crippen MR) is 86.0 cm³/mol. The molecule has 1 atom stereocenters. The van der Waals surface area contributed by atoms with Gasteiger partial charge in [0.2, 0.25) is 0 Å². The summed E-state index contributed by atoms with van der Waals surface area (Å²) in [5.74, 6) is -0.312. The minimum Gasteiger partial charge on any atom is -0.324 e. The van der Waals surface area contributed by atoms with E-state index >= 15 is 0 Å². The maximum Gasteiger partial charge on any atom is 0.128 e. The minimum absolute atomic E-state index is 0.312. The lowest BCUT2D eigenvalue weighted by molar-refractivity contribution is 0.580. The van der Waals surface area contributed by atoms with Crippen LogP contribution in [0.15, 0.2) is 60.7 Å². The second kappa shape index (κ2) is 5.84. The lowest BCUT2D eigenvalue weighted by Gasteiger charge is -2.14. The van der Waals surface area contributed by atoms with E-state index in [0.29, 0.717) is 17.0 Å². The molecular formula is C18H15ClFN. The van der Waals surface area contributed by atoms with Crippen LogP contribution in [0, 0.1) is 5.82 Å². The third-order valence-electron chi connectivity index (χ3n) is 3.63. The molecule has 0 saturated heterocycles. The molecule has 0 heterocycles. The molecule has 106 valence electrons. The monoisotopic (exact) mass is 299 g/mol. The van der Waals surface area contributed by atoms with E-state index in [9.17, 15) is 4.39 Å². The van der Waals surface area contributed by atoms with Gasteiger partial charge in [0.1, 0.15) is 5.82 Å². The Balaban J connectivity index is 1.88. The highest BCUT2D eigenvalue weighted by Gasteiger charge is 2.13. The fraction of sp³-hybridized carbons (Fsp3) is 0.111. The average molecular weight is 300 g/mol. The summed E-state index contributed by atoms with van der Waals surface area (Å²) in [4.78, 5) is 0. The second-order valence-electron chi connectivity index (χ2n) is 5.16. The molecule has 3 aromatic rings. The van der Waals surface area contributed by atoms with Gasteiger partial charge in [-0.25, -0.2) is 4.39 Å². The van der Waals surface area contributed by atoms with Crippen LogP contribution >= 0.6 is 11.6 Å². The van der Waals surface area contributed by atoms with Crippen molar-refractivity contribution in [3.63, 3.8) is 0 Å². The molecule has 0 saturated carbocycles. The van der Waals surface area contributed by atoms with Crippen molar-refractivity contribution >= 4 is 22.4 Å². The highest BCUT2D eigenvalue weighted by Crippen LogP contribution is 2.24. The molecule has 3 rings (SSSR count). The maximum absolute atomic E-state index is 13.8. The first-order chi connectivity index (χ1) is 10.1. The van der Waals surface area contributed by atoms with E-state index in [1.165, 1.54) is 17.5 Å². The van der Waals surface area contributed by atoms with Gasteiger partial charge in [-0.2, -0.15) is 0 Å². The van der Waals surface area contributed by atoms with Crippen LogP contribution in [0.4, 0.5) is 4.39 Å². The van der Waals surface area contributed by atoms with Gasteiger partial charge in [0.15, 0.2) is 0 Å². The van der Waals surface area contributed by atoms with Crippen molar-refractivity contribution in [2.24, 2.45) is 5.73 Å². The van der Waals surface area contributed by atoms with Gasteiger partial charge in [-0.1, -0.05) is 54.1 Å². The third kappa shape index (κ3) is 3.07. The Kier molecular flexibility index (Phi) is 3.91. The molecule has 3 heteroatoms. The third-order valence-corrected chi connectivity index (χ3v) is 3.86. The number of rotatable bonds is 3. The summed E-state index contributed by atoms with van der Waals surface area (Å²) >= 11 is 5.92. The zero-order valence-corrected chi connectivity index (χ0v) is 12.1. The highest BCUT2D eigenvalue weighted by atomic mass is 35.5. The van der Waals surface area contributed by atoms with E-state index < -0.39 is 6.04 Å². The Labute approximate surface area is 128 Å². The molecule has 1 unspecified atom stereocenters. The first kappa shape index (κ1) is 14.1. The van der Waals surface area contributed by atoms with E-state index in [4.69, 9.17) is 17.3 Å². The van der Waals surface area contributed by atoms with Crippen LogP contribution in [0.5, 0.6) is 0 Å². The van der Waals surface area contributed by atoms with E-state index in [2.05, 4.69) is 24.3 Å². The molecule has 0 aliphatic carbocycles. The SMILES string of the molecule is NC(Cc1ccc2ccccc2c1)c1cc(Cl)ccc1F. The topological polar surface area (TPSA) is 26.0 Å². The van der Waals surface area contributed by atoms with E-state index in [1.807, 2.05) is 18.2 Å². The molecule has 0 bridgehead atoms. The lowest BCUT2D eigenvalue weighted by Crippen LogP contribution is -2.15. The molecule has 21 heavy (non-hydrogen) atoms. The van der Waals surface area contributed by atoms with Crippen molar-refractivity contribution in [2.45, 2.75) is 12.5 Å². The largest absolute Gasteiger partial charge is 0.324 e. The van der Waals surface area contributed by atoms with Gasteiger partial charge < -0.3 is 5.73 Å². The fourth-order valence-electron chi connectivity index (χ4n) is 2.53. The summed E-state index contributed by atoms with van der Waals surface area (Å²) in [5.41, 5.74) is 7.68. The smallest absolute Gasteiger partial charge is 0.128 e. The molecule has 0 aliphatic heterocycles. The van der Waals surface area contributed by atoms with Crippen molar-refractivity contribution in [3.8, 4) is 0 Å². The predicted octanol–water partition coefficient (Wildman–Crippen LogP) is 4.87. The summed E-state index contributed by atoms with van der Waals surface area (Å²) in [6, 6.07) is 18.4. The summed E-state index contributed by atoms with van der Waals surface area (Å²) in [6.07, 6.45) is 0.572. The number of fused-ring (bicyclic) bond motifs is 1. The van der Waals surface area contributed by atoms with E-state index in [0.717, 1.165) is 10.9 Å². The molecule has 0 radical (unpaired) electrons. The molecule has 0 aliphatic rings. The van der Waals surface area contributed by atoms with Crippen molar-refractivity contribution in [3.05, 3.63) is 82.6 Å². The number of hydrogen-bond acceptors (Lipinski definition) is 1. The van der Waals surface area contributed by atoms with Crippen molar-refractivity contribution < 1.29 is 4.39 Å². The van der Waals surface area contributed by atoms with Crippen LogP contribution in [-0.4, -0.2) is 0 Å². The molecular weight excluding hydrogens is 285 g/mol. The van der Waals surface area contributed by atoms with Crippen molar-refractivity contribution in [1.29, 1.82) is 0 Å². The summed E-state index contributed by atoms with van der Waals surface area (Å²) < 4.78 is 13.8. The molecule has 0 spiro atoms. The van der Waals surface area contributed by atoms with Gasteiger partial charge in [0.25, 0.3) is 0 Å². The zero-order chi connectivity index (χ0) is 14.8. The molecule has 0 amide bonds. The number of nitrogens with two attached hydrogens (primary N) is 1. The Morgan fingerprint density at radius 1 is 0.952 bits per heavy atom. The summed E-state index contributed by atoms with van der Waals surface area (Å²) in [5, 5.41) is 2.85. The van der Waals surface area contributed by atoms with Crippen LogP contribution in [0.25, 0.3) is 10.8 Å². The van der Waals surface area contributed by atoms with E-state index in [1.54, 1.807) is 6.07 Å². The quantitative estimate of drug-likeness (QED) is 0.733. The lowest BCUT2D eigenvalue weighted by atomic mass is 9.97. The second-order valence-corrected chi connectivity index (χ2v) is 5.59. The number of benzene rings is 3. The Morgan fingerprint density at radius 2 is 1.71 bits per heavy atom. The fourth-order valence-corrected chi connectivity index (χ4v) is 2.71. The van der Waals surface area contributed by atoms with Crippen molar-refractivity contribution in [1.82, 2.24) is 0 Å². The summed E-state index contributed by atoms with van der Waals surface area (Å²) in [7, 11) is 0. The normalized spacial score (nSPS) is 12.5. The van der Waals surface area contributed by atoms with Crippen molar-refractivity contribution in [2.75, 3.05) is 0 Å². The Morgan fingerprint density at radius 3 is 2.52 bits per heavy atom. The van der Waals surface area contributed by atoms with Gasteiger partial charge in [-0.3, -0.25) is 0 Å². The van der Waals surface area contributed by atoms with E-state index in [-0.39, 0.29) is 5.82 Å². The minimum atomic E-state index is -0.412. The molecule has 3 aromatic carbocycles. The van der Waals surface area contributed by atoms with Crippen LogP contribution in [-0.2, 0) is 6.42 Å². The van der Waals surface area contributed by atoms with Crippen LogP contribution in [0.3, 0.4) is 0 Å². The average Bonchev–Trinajstić information content (AvgIpc) is 2.49. The maximum atomic E-state index is 13.8. The molecule has 2 N–H and O–H groups in total.